The van der Waals surface area contributed by atoms with Gasteiger partial charge in [0.25, 0.3) is 5.56 Å². The minimum atomic E-state index is -1.32. The normalized spacial score (nSPS) is 11.5. The van der Waals surface area contributed by atoms with Gasteiger partial charge in [0.15, 0.2) is 0 Å². The van der Waals surface area contributed by atoms with Crippen molar-refractivity contribution in [2.24, 2.45) is 4.99 Å². The maximum atomic E-state index is 11.6. The summed E-state index contributed by atoms with van der Waals surface area (Å²) in [4.78, 5) is 32.3. The lowest BCUT2D eigenvalue weighted by atomic mass is 10.1. The predicted molar refractivity (Wildman–Crippen MR) is 93.9 cm³/mol. The van der Waals surface area contributed by atoms with Crippen molar-refractivity contribution in [2.75, 3.05) is 5.32 Å². The van der Waals surface area contributed by atoms with Gasteiger partial charge in [-0.1, -0.05) is 18.2 Å². The summed E-state index contributed by atoms with van der Waals surface area (Å²) in [5.74, 6) is -1.15. The number of aromatic carboxylic acids is 1. The van der Waals surface area contributed by atoms with Gasteiger partial charge in [-0.05, 0) is 43.0 Å². The van der Waals surface area contributed by atoms with Crippen LogP contribution in [-0.2, 0) is 0 Å². The molecule has 2 rings (SSSR count). The molecule has 0 aliphatic rings. The Morgan fingerprint density at radius 1 is 1.38 bits per heavy atom. The highest BCUT2D eigenvalue weighted by Crippen LogP contribution is 2.20. The van der Waals surface area contributed by atoms with Gasteiger partial charge in [-0.2, -0.15) is 0 Å². The third kappa shape index (κ3) is 4.04. The van der Waals surface area contributed by atoms with Crippen molar-refractivity contribution >= 4 is 29.9 Å². The Hall–Kier alpha value is -3.48. The second kappa shape index (κ2) is 7.68. The standard InChI is InChI=1S/C17H16N4O3/c1-3-11(8-9-18-2)12-4-6-13(7-5-12)20-17-19-10-14(16(23)24)15(22)21-17/h3-10H,2H2,1H3,(H,23,24)(H2,19,20,21,22)/b9-8-,11-3+. The first kappa shape index (κ1) is 16.9. The van der Waals surface area contributed by atoms with Gasteiger partial charge in [-0.3, -0.25) is 14.8 Å². The van der Waals surface area contributed by atoms with Gasteiger partial charge < -0.3 is 10.4 Å². The number of rotatable bonds is 6. The van der Waals surface area contributed by atoms with Crippen LogP contribution in [0.15, 0.2) is 58.6 Å². The smallest absolute Gasteiger partial charge is 0.342 e. The molecule has 0 fully saturated rings. The number of anilines is 2. The molecule has 0 spiro atoms. The summed E-state index contributed by atoms with van der Waals surface area (Å²) in [6.07, 6.45) is 6.43. The van der Waals surface area contributed by atoms with Crippen molar-refractivity contribution in [3.05, 3.63) is 70.3 Å². The van der Waals surface area contributed by atoms with E-state index < -0.39 is 17.1 Å². The van der Waals surface area contributed by atoms with Crippen molar-refractivity contribution in [2.45, 2.75) is 6.92 Å². The molecule has 2 aromatic rings. The van der Waals surface area contributed by atoms with Crippen molar-refractivity contribution in [3.8, 4) is 0 Å². The van der Waals surface area contributed by atoms with Crippen LogP contribution in [0.1, 0.15) is 22.8 Å². The van der Waals surface area contributed by atoms with Gasteiger partial charge in [-0.25, -0.2) is 9.78 Å². The first-order valence-corrected chi connectivity index (χ1v) is 7.04. The molecule has 1 aromatic carbocycles. The predicted octanol–water partition coefficient (Wildman–Crippen LogP) is 2.83. The average molecular weight is 324 g/mol. The summed E-state index contributed by atoms with van der Waals surface area (Å²) < 4.78 is 0. The lowest BCUT2D eigenvalue weighted by molar-refractivity contribution is 0.0694. The summed E-state index contributed by atoms with van der Waals surface area (Å²) in [6.45, 7) is 5.32. The third-order valence-electron chi connectivity index (χ3n) is 3.18. The Labute approximate surface area is 138 Å². The van der Waals surface area contributed by atoms with Crippen LogP contribution < -0.4 is 10.9 Å². The Bertz CT molecular complexity index is 864. The van der Waals surface area contributed by atoms with Crippen LogP contribution in [0.2, 0.25) is 0 Å². The molecule has 0 amide bonds. The number of allylic oxidation sites excluding steroid dienone is 3. The zero-order chi connectivity index (χ0) is 17.5. The molecule has 1 aromatic heterocycles. The second-order valence-corrected chi connectivity index (χ2v) is 4.72. The minimum absolute atomic E-state index is 0.166. The van der Waals surface area contributed by atoms with Crippen molar-refractivity contribution < 1.29 is 9.90 Å². The summed E-state index contributed by atoms with van der Waals surface area (Å²) in [6, 6.07) is 7.43. The molecule has 0 aliphatic heterocycles. The van der Waals surface area contributed by atoms with E-state index in [4.69, 9.17) is 5.11 Å². The quantitative estimate of drug-likeness (QED) is 0.559. The molecule has 7 nitrogen and oxygen atoms in total. The van der Waals surface area contributed by atoms with Crippen LogP contribution >= 0.6 is 0 Å². The number of nitrogens with one attached hydrogen (secondary N) is 2. The SMILES string of the molecule is C=N/C=C\C(=C/C)c1ccc(Nc2ncc(C(=O)O)c(=O)[nH]2)cc1. The molecule has 0 saturated carbocycles. The number of aliphatic imine (C=N–C) groups is 1. The first-order chi connectivity index (χ1) is 11.5. The number of aromatic nitrogens is 2. The Morgan fingerprint density at radius 2 is 2.08 bits per heavy atom. The highest BCUT2D eigenvalue weighted by molar-refractivity contribution is 5.86. The number of H-pyrrole nitrogens is 1. The lowest BCUT2D eigenvalue weighted by Gasteiger charge is -2.07. The van der Waals surface area contributed by atoms with Gasteiger partial charge in [-0.15, -0.1) is 0 Å². The molecule has 0 bridgehead atoms. The van der Waals surface area contributed by atoms with Crippen LogP contribution in [0.25, 0.3) is 5.57 Å². The van der Waals surface area contributed by atoms with E-state index in [1.54, 1.807) is 6.20 Å². The number of carboxylic acid groups (broad SMARTS) is 1. The highest BCUT2D eigenvalue weighted by atomic mass is 16.4. The summed E-state index contributed by atoms with van der Waals surface area (Å²) in [5.41, 5.74) is 1.56. The largest absolute Gasteiger partial charge is 0.477 e. The van der Waals surface area contributed by atoms with Crippen molar-refractivity contribution in [1.82, 2.24) is 9.97 Å². The van der Waals surface area contributed by atoms with Gasteiger partial charge in [0, 0.05) is 11.9 Å². The fourth-order valence-corrected chi connectivity index (χ4v) is 1.99. The van der Waals surface area contributed by atoms with Crippen LogP contribution in [-0.4, -0.2) is 27.8 Å². The number of hydrogen-bond acceptors (Lipinski definition) is 5. The second-order valence-electron chi connectivity index (χ2n) is 4.72. The summed E-state index contributed by atoms with van der Waals surface area (Å²) in [7, 11) is 0. The number of carbonyl (C=O) groups is 1. The highest BCUT2D eigenvalue weighted by Gasteiger charge is 2.09. The molecule has 3 N–H and O–H groups in total. The zero-order valence-electron chi connectivity index (χ0n) is 13.0. The molecule has 24 heavy (non-hydrogen) atoms. The molecule has 0 radical (unpaired) electrons. The maximum Gasteiger partial charge on any atom is 0.342 e. The van der Waals surface area contributed by atoms with Crippen LogP contribution in [0.5, 0.6) is 0 Å². The van der Waals surface area contributed by atoms with E-state index in [2.05, 4.69) is 27.0 Å². The fraction of sp³-hybridized carbons (Fsp3) is 0.0588. The van der Waals surface area contributed by atoms with E-state index in [-0.39, 0.29) is 5.95 Å². The molecular formula is C17H16N4O3. The van der Waals surface area contributed by atoms with Gasteiger partial charge >= 0.3 is 5.97 Å². The topological polar surface area (TPSA) is 107 Å². The molecule has 0 aliphatic carbocycles. The van der Waals surface area contributed by atoms with E-state index in [1.165, 1.54) is 0 Å². The molecule has 0 unspecified atom stereocenters. The van der Waals surface area contributed by atoms with E-state index in [0.717, 1.165) is 17.3 Å². The molecule has 1 heterocycles. The fourth-order valence-electron chi connectivity index (χ4n) is 1.99. The van der Waals surface area contributed by atoms with Gasteiger partial charge in [0.1, 0.15) is 5.56 Å². The molecule has 0 saturated heterocycles. The van der Waals surface area contributed by atoms with E-state index in [1.807, 2.05) is 43.3 Å². The van der Waals surface area contributed by atoms with Crippen LogP contribution in [0.4, 0.5) is 11.6 Å². The minimum Gasteiger partial charge on any atom is -0.477 e. The Morgan fingerprint density at radius 3 is 2.62 bits per heavy atom. The van der Waals surface area contributed by atoms with E-state index in [9.17, 15) is 9.59 Å². The number of hydrogen-bond donors (Lipinski definition) is 3. The first-order valence-electron chi connectivity index (χ1n) is 7.04. The lowest BCUT2D eigenvalue weighted by Crippen LogP contribution is -2.19. The molecule has 0 atom stereocenters. The monoisotopic (exact) mass is 324 g/mol. The number of nitrogens with zero attached hydrogens (tertiary/aromatic N) is 2. The number of benzene rings is 1. The van der Waals surface area contributed by atoms with Crippen molar-refractivity contribution in [1.29, 1.82) is 0 Å². The van der Waals surface area contributed by atoms with Crippen LogP contribution in [0.3, 0.4) is 0 Å². The zero-order valence-corrected chi connectivity index (χ0v) is 13.0. The third-order valence-corrected chi connectivity index (χ3v) is 3.18. The Balaban J connectivity index is 2.19. The maximum absolute atomic E-state index is 11.6. The van der Waals surface area contributed by atoms with Gasteiger partial charge in [0.2, 0.25) is 5.95 Å². The molecule has 7 heteroatoms. The molecular weight excluding hydrogens is 308 g/mol. The van der Waals surface area contributed by atoms with E-state index in [0.29, 0.717) is 5.69 Å². The van der Waals surface area contributed by atoms with Gasteiger partial charge in [0.05, 0.1) is 6.20 Å². The molecule has 122 valence electrons. The summed E-state index contributed by atoms with van der Waals surface area (Å²) >= 11 is 0. The Kier molecular flexibility index (Phi) is 5.40. The van der Waals surface area contributed by atoms with Crippen molar-refractivity contribution in [3.63, 3.8) is 0 Å². The average Bonchev–Trinajstić information content (AvgIpc) is 2.56. The van der Waals surface area contributed by atoms with Crippen LogP contribution in [0, 0.1) is 0 Å². The summed E-state index contributed by atoms with van der Waals surface area (Å²) in [5, 5.41) is 11.7. The van der Waals surface area contributed by atoms with E-state index >= 15 is 0 Å². The number of aromatic amines is 1. The number of carboxylic acids is 1.